The molecule has 1 aliphatic heterocycles. The lowest BCUT2D eigenvalue weighted by molar-refractivity contribution is -0.119. The predicted molar refractivity (Wildman–Crippen MR) is 140 cm³/mol. The van der Waals surface area contributed by atoms with Crippen molar-refractivity contribution in [2.24, 2.45) is 28.9 Å². The lowest BCUT2D eigenvalue weighted by Gasteiger charge is -2.57. The van der Waals surface area contributed by atoms with Gasteiger partial charge in [0.05, 0.1) is 22.8 Å². The summed E-state index contributed by atoms with van der Waals surface area (Å²) in [6.07, 6.45) is 8.42. The number of ketones is 1. The van der Waals surface area contributed by atoms with Crippen LogP contribution in [0.4, 0.5) is 0 Å². The van der Waals surface area contributed by atoms with Crippen LogP contribution in [-0.4, -0.2) is 15.6 Å². The molecule has 37 heavy (non-hydrogen) atoms. The van der Waals surface area contributed by atoms with Crippen LogP contribution in [0.15, 0.2) is 59.2 Å². The third-order valence-electron chi connectivity index (χ3n) is 9.63. The van der Waals surface area contributed by atoms with Crippen LogP contribution < -0.4 is 5.73 Å². The zero-order valence-corrected chi connectivity index (χ0v) is 21.7. The van der Waals surface area contributed by atoms with Crippen LogP contribution in [0.25, 0.3) is 11.3 Å². The van der Waals surface area contributed by atoms with Gasteiger partial charge < -0.3 is 10.5 Å². The molecule has 8 rings (SSSR count). The lowest BCUT2D eigenvalue weighted by atomic mass is 9.53. The van der Waals surface area contributed by atoms with Crippen LogP contribution in [-0.2, 0) is 15.1 Å². The Kier molecular flexibility index (Phi) is 4.84. The van der Waals surface area contributed by atoms with Crippen LogP contribution in [0.3, 0.4) is 0 Å². The monoisotopic (exact) mass is 494 g/mol. The number of nitrogens with zero attached hydrogens (tertiary/aromatic N) is 3. The Balaban J connectivity index is 1.45. The van der Waals surface area contributed by atoms with Crippen molar-refractivity contribution in [3.05, 3.63) is 64.9 Å². The smallest absolute Gasteiger partial charge is 0.205 e. The molecule has 1 atom stereocenters. The van der Waals surface area contributed by atoms with E-state index < -0.39 is 5.92 Å². The van der Waals surface area contributed by atoms with Crippen LogP contribution in [0.1, 0.15) is 76.8 Å². The van der Waals surface area contributed by atoms with Crippen molar-refractivity contribution in [2.75, 3.05) is 0 Å². The van der Waals surface area contributed by atoms with Gasteiger partial charge in [-0.2, -0.15) is 10.4 Å². The molecule has 6 nitrogen and oxygen atoms in total. The fourth-order valence-corrected chi connectivity index (χ4v) is 8.64. The molecular weight excluding hydrogens is 460 g/mol. The second-order valence-electron chi connectivity index (χ2n) is 13.1. The summed E-state index contributed by atoms with van der Waals surface area (Å²) in [4.78, 5) is 13.7. The number of benzene rings is 1. The summed E-state index contributed by atoms with van der Waals surface area (Å²) >= 11 is 0. The van der Waals surface area contributed by atoms with E-state index in [1.54, 1.807) is 0 Å². The van der Waals surface area contributed by atoms with Crippen molar-refractivity contribution < 1.29 is 9.53 Å². The third kappa shape index (κ3) is 3.50. The SMILES string of the molecule is CC1(C)CC(=O)C2=C(C1)OC(N)=C(C#N)[C@@H]2c1cc(-c2ccccc2)nn1C12CC3CC(CC(C3)C1)C2. The first-order chi connectivity index (χ1) is 17.7. The molecular formula is C31H34N4O2. The van der Waals surface area contributed by atoms with E-state index in [4.69, 9.17) is 15.6 Å². The number of Topliss-reactive ketones (excluding diaryl/α,β-unsaturated/α-hetero) is 1. The fourth-order valence-electron chi connectivity index (χ4n) is 8.64. The van der Waals surface area contributed by atoms with Gasteiger partial charge in [0.2, 0.25) is 5.88 Å². The Morgan fingerprint density at radius 3 is 2.32 bits per heavy atom. The summed E-state index contributed by atoms with van der Waals surface area (Å²) in [5.41, 5.74) is 9.91. The van der Waals surface area contributed by atoms with E-state index in [1.807, 2.05) is 18.2 Å². The van der Waals surface area contributed by atoms with Crippen molar-refractivity contribution in [2.45, 2.75) is 76.7 Å². The highest BCUT2D eigenvalue weighted by molar-refractivity contribution is 6.00. The maximum absolute atomic E-state index is 13.7. The summed E-state index contributed by atoms with van der Waals surface area (Å²) < 4.78 is 8.26. The van der Waals surface area contributed by atoms with E-state index in [0.717, 1.165) is 54.0 Å². The van der Waals surface area contributed by atoms with Gasteiger partial charge in [-0.15, -0.1) is 0 Å². The Bertz CT molecular complexity index is 1370. The molecule has 2 heterocycles. The second-order valence-corrected chi connectivity index (χ2v) is 13.1. The van der Waals surface area contributed by atoms with E-state index >= 15 is 0 Å². The van der Waals surface area contributed by atoms with E-state index in [1.165, 1.54) is 19.3 Å². The molecule has 0 amide bonds. The van der Waals surface area contributed by atoms with Crippen LogP contribution in [0, 0.1) is 34.5 Å². The van der Waals surface area contributed by atoms with Crippen molar-refractivity contribution in [3.8, 4) is 17.3 Å². The van der Waals surface area contributed by atoms with Gasteiger partial charge in [0.1, 0.15) is 17.4 Å². The number of allylic oxidation sites excluding steroid dienone is 3. The van der Waals surface area contributed by atoms with E-state index in [2.05, 4.69) is 42.8 Å². The quantitative estimate of drug-likeness (QED) is 0.571. The Morgan fingerprint density at radius 2 is 1.70 bits per heavy atom. The van der Waals surface area contributed by atoms with Crippen molar-refractivity contribution in [1.82, 2.24) is 9.78 Å². The van der Waals surface area contributed by atoms with Crippen molar-refractivity contribution in [1.29, 1.82) is 5.26 Å². The number of carbonyl (C=O) groups is 1. The zero-order chi connectivity index (χ0) is 25.5. The second kappa shape index (κ2) is 7.84. The van der Waals surface area contributed by atoms with Crippen LogP contribution in [0.2, 0.25) is 0 Å². The van der Waals surface area contributed by atoms with Crippen molar-refractivity contribution >= 4 is 5.78 Å². The van der Waals surface area contributed by atoms with E-state index in [9.17, 15) is 10.1 Å². The molecule has 2 aromatic rings. The van der Waals surface area contributed by atoms with Gasteiger partial charge in [0.15, 0.2) is 5.78 Å². The van der Waals surface area contributed by atoms with Gasteiger partial charge in [-0.3, -0.25) is 9.48 Å². The molecule has 2 N–H and O–H groups in total. The van der Waals surface area contributed by atoms with E-state index in [0.29, 0.717) is 29.7 Å². The minimum atomic E-state index is -0.546. The fraction of sp³-hybridized carbons (Fsp3) is 0.516. The molecule has 0 spiro atoms. The third-order valence-corrected chi connectivity index (χ3v) is 9.63. The standard InChI is InChI=1S/C31H34N4O2/c1-30(2)15-25(36)28-26(16-30)37-29(33)22(17-32)27(28)24-11-23(21-6-4-3-5-7-21)34-35(24)31-12-18-8-19(13-31)10-20(9-18)14-31/h3-7,11,18-20,27H,8-10,12-16,33H2,1-2H3/t18?,19?,20?,27-,31?/m1/s1. The molecule has 190 valence electrons. The van der Waals surface area contributed by atoms with Crippen LogP contribution >= 0.6 is 0 Å². The number of rotatable bonds is 3. The zero-order valence-electron chi connectivity index (χ0n) is 21.7. The average molecular weight is 495 g/mol. The molecule has 0 radical (unpaired) electrons. The summed E-state index contributed by atoms with van der Waals surface area (Å²) in [6.45, 7) is 4.17. The number of hydrogen-bond acceptors (Lipinski definition) is 5. The van der Waals surface area contributed by atoms with Gasteiger partial charge in [-0.25, -0.2) is 0 Å². The molecule has 5 aliphatic carbocycles. The minimum absolute atomic E-state index is 0.0519. The highest BCUT2D eigenvalue weighted by atomic mass is 16.5. The molecule has 6 heteroatoms. The van der Waals surface area contributed by atoms with Gasteiger partial charge in [0, 0.05) is 24.0 Å². The molecule has 4 bridgehead atoms. The minimum Gasteiger partial charge on any atom is -0.444 e. The number of ether oxygens (including phenoxy) is 1. The molecule has 0 saturated heterocycles. The Hall–Kier alpha value is -3.33. The summed E-state index contributed by atoms with van der Waals surface area (Å²) in [5, 5.41) is 15.6. The van der Waals surface area contributed by atoms with Gasteiger partial charge >= 0.3 is 0 Å². The number of aromatic nitrogens is 2. The summed E-state index contributed by atoms with van der Waals surface area (Å²) in [7, 11) is 0. The Labute approximate surface area is 218 Å². The molecule has 1 aromatic heterocycles. The molecule has 1 aromatic carbocycles. The normalized spacial score (nSPS) is 33.8. The average Bonchev–Trinajstić information content (AvgIpc) is 3.28. The first-order valence-corrected chi connectivity index (χ1v) is 13.7. The maximum atomic E-state index is 13.7. The highest BCUT2D eigenvalue weighted by Gasteiger charge is 2.54. The maximum Gasteiger partial charge on any atom is 0.205 e. The molecule has 0 unspecified atom stereocenters. The predicted octanol–water partition coefficient (Wildman–Crippen LogP) is 5.93. The number of hydrogen-bond donors (Lipinski definition) is 1. The van der Waals surface area contributed by atoms with Crippen molar-refractivity contribution in [3.63, 3.8) is 0 Å². The first kappa shape index (κ1) is 22.8. The number of carbonyl (C=O) groups excluding carboxylic acids is 1. The molecule has 6 aliphatic rings. The first-order valence-electron chi connectivity index (χ1n) is 13.7. The number of nitriles is 1. The van der Waals surface area contributed by atoms with Gasteiger partial charge in [-0.1, -0.05) is 44.2 Å². The van der Waals surface area contributed by atoms with Gasteiger partial charge in [-0.05, 0) is 67.8 Å². The summed E-state index contributed by atoms with van der Waals surface area (Å²) in [5.74, 6) is 2.47. The molecule has 4 saturated carbocycles. The molecule has 4 fully saturated rings. The van der Waals surface area contributed by atoms with Crippen LogP contribution in [0.5, 0.6) is 0 Å². The van der Waals surface area contributed by atoms with E-state index in [-0.39, 0.29) is 22.6 Å². The number of nitrogens with two attached hydrogens (primary N) is 1. The topological polar surface area (TPSA) is 93.9 Å². The Morgan fingerprint density at radius 1 is 1.05 bits per heavy atom. The highest BCUT2D eigenvalue weighted by Crippen LogP contribution is 2.60. The lowest BCUT2D eigenvalue weighted by Crippen LogP contribution is -2.53. The largest absolute Gasteiger partial charge is 0.444 e. The summed E-state index contributed by atoms with van der Waals surface area (Å²) in [6, 6.07) is 14.7. The van der Waals surface area contributed by atoms with Gasteiger partial charge in [0.25, 0.3) is 0 Å².